The SMILES string of the molecule is C=CC(=O)CC.CCOc1cc(C=O)ccc1O. The third-order valence-corrected chi connectivity index (χ3v) is 2.00. The van der Waals surface area contributed by atoms with E-state index in [1.807, 2.05) is 13.8 Å². The van der Waals surface area contributed by atoms with Gasteiger partial charge in [-0.25, -0.2) is 0 Å². The summed E-state index contributed by atoms with van der Waals surface area (Å²) >= 11 is 0. The van der Waals surface area contributed by atoms with E-state index in [9.17, 15) is 14.7 Å². The van der Waals surface area contributed by atoms with E-state index in [-0.39, 0.29) is 11.5 Å². The minimum absolute atomic E-state index is 0.0578. The second-order valence-electron chi connectivity index (χ2n) is 3.30. The Morgan fingerprint density at radius 3 is 2.50 bits per heavy atom. The molecule has 0 unspecified atom stereocenters. The first-order chi connectivity index (χ1) is 8.58. The highest BCUT2D eigenvalue weighted by molar-refractivity contribution is 5.88. The summed E-state index contributed by atoms with van der Waals surface area (Å²) in [5.74, 6) is 0.513. The van der Waals surface area contributed by atoms with Crippen LogP contribution in [0.4, 0.5) is 0 Å². The van der Waals surface area contributed by atoms with Crippen LogP contribution < -0.4 is 4.74 Å². The van der Waals surface area contributed by atoms with Crippen molar-refractivity contribution in [2.75, 3.05) is 6.61 Å². The van der Waals surface area contributed by atoms with Crippen LogP contribution >= 0.6 is 0 Å². The van der Waals surface area contributed by atoms with Crippen molar-refractivity contribution in [1.29, 1.82) is 0 Å². The van der Waals surface area contributed by atoms with Crippen molar-refractivity contribution in [3.63, 3.8) is 0 Å². The van der Waals surface area contributed by atoms with E-state index in [1.165, 1.54) is 24.3 Å². The first-order valence-corrected chi connectivity index (χ1v) is 5.65. The number of ether oxygens (including phenoxy) is 1. The summed E-state index contributed by atoms with van der Waals surface area (Å²) in [4.78, 5) is 20.4. The highest BCUT2D eigenvalue weighted by Gasteiger charge is 2.01. The molecule has 0 saturated carbocycles. The molecule has 4 nitrogen and oxygen atoms in total. The van der Waals surface area contributed by atoms with Crippen LogP contribution in [0.25, 0.3) is 0 Å². The van der Waals surface area contributed by atoms with Gasteiger partial charge in [0.05, 0.1) is 6.61 Å². The zero-order valence-corrected chi connectivity index (χ0v) is 10.7. The molecule has 0 aliphatic carbocycles. The minimum Gasteiger partial charge on any atom is -0.504 e. The largest absolute Gasteiger partial charge is 0.504 e. The molecule has 1 aromatic rings. The molecule has 0 fully saturated rings. The molecule has 0 aliphatic rings. The fraction of sp³-hybridized carbons (Fsp3) is 0.286. The highest BCUT2D eigenvalue weighted by Crippen LogP contribution is 2.25. The number of rotatable bonds is 5. The molecule has 0 amide bonds. The molecule has 18 heavy (non-hydrogen) atoms. The van der Waals surface area contributed by atoms with Gasteiger partial charge in [0.2, 0.25) is 0 Å². The van der Waals surface area contributed by atoms with Crippen molar-refractivity contribution in [2.45, 2.75) is 20.3 Å². The van der Waals surface area contributed by atoms with E-state index in [0.29, 0.717) is 30.6 Å². The van der Waals surface area contributed by atoms with E-state index < -0.39 is 0 Å². The normalized spacial score (nSPS) is 8.78. The number of aldehydes is 1. The minimum atomic E-state index is 0.0578. The number of allylic oxidation sites excluding steroid dienone is 1. The van der Waals surface area contributed by atoms with Gasteiger partial charge in [-0.15, -0.1) is 0 Å². The molecular weight excluding hydrogens is 232 g/mol. The second-order valence-corrected chi connectivity index (χ2v) is 3.30. The van der Waals surface area contributed by atoms with Gasteiger partial charge in [-0.1, -0.05) is 13.5 Å². The van der Waals surface area contributed by atoms with Gasteiger partial charge in [-0.05, 0) is 31.2 Å². The molecule has 1 N–H and O–H groups in total. The third-order valence-electron chi connectivity index (χ3n) is 2.00. The number of hydrogen-bond donors (Lipinski definition) is 1. The lowest BCUT2D eigenvalue weighted by Gasteiger charge is -2.04. The van der Waals surface area contributed by atoms with E-state index in [2.05, 4.69) is 6.58 Å². The molecule has 0 radical (unpaired) electrons. The van der Waals surface area contributed by atoms with Gasteiger partial charge in [0, 0.05) is 12.0 Å². The van der Waals surface area contributed by atoms with Gasteiger partial charge in [0.15, 0.2) is 17.3 Å². The summed E-state index contributed by atoms with van der Waals surface area (Å²) in [6.07, 6.45) is 2.62. The topological polar surface area (TPSA) is 63.6 Å². The van der Waals surface area contributed by atoms with Gasteiger partial charge in [-0.2, -0.15) is 0 Å². The van der Waals surface area contributed by atoms with Crippen LogP contribution in [0.1, 0.15) is 30.6 Å². The number of ketones is 1. The van der Waals surface area contributed by atoms with Crippen LogP contribution in [0.5, 0.6) is 11.5 Å². The fourth-order valence-electron chi connectivity index (χ4n) is 1.02. The fourth-order valence-corrected chi connectivity index (χ4v) is 1.02. The predicted octanol–water partition coefficient (Wildman–Crippen LogP) is 2.75. The van der Waals surface area contributed by atoms with Crippen LogP contribution in [-0.4, -0.2) is 23.8 Å². The molecule has 0 atom stereocenters. The number of aromatic hydroxyl groups is 1. The first kappa shape index (κ1) is 15.9. The van der Waals surface area contributed by atoms with E-state index in [4.69, 9.17) is 4.74 Å². The predicted molar refractivity (Wildman–Crippen MR) is 70.2 cm³/mol. The van der Waals surface area contributed by atoms with Crippen molar-refractivity contribution in [3.8, 4) is 11.5 Å². The molecule has 1 aromatic carbocycles. The Balaban J connectivity index is 0.000000411. The molecule has 98 valence electrons. The second kappa shape index (κ2) is 8.98. The number of carbonyl (C=O) groups excluding carboxylic acids is 2. The number of benzene rings is 1. The van der Waals surface area contributed by atoms with Crippen LogP contribution in [0.2, 0.25) is 0 Å². The Morgan fingerprint density at radius 2 is 2.11 bits per heavy atom. The highest BCUT2D eigenvalue weighted by atomic mass is 16.5. The number of hydrogen-bond acceptors (Lipinski definition) is 4. The summed E-state index contributed by atoms with van der Waals surface area (Å²) in [5, 5.41) is 9.22. The molecule has 4 heteroatoms. The molecule has 0 heterocycles. The van der Waals surface area contributed by atoms with Crippen LogP contribution in [0, 0.1) is 0 Å². The lowest BCUT2D eigenvalue weighted by atomic mass is 10.2. The quantitative estimate of drug-likeness (QED) is 0.644. The third kappa shape index (κ3) is 5.84. The molecule has 0 aromatic heterocycles. The summed E-state index contributed by atoms with van der Waals surface area (Å²) in [6.45, 7) is 7.37. The number of carbonyl (C=O) groups is 2. The maximum Gasteiger partial charge on any atom is 0.161 e. The van der Waals surface area contributed by atoms with E-state index in [0.717, 1.165) is 0 Å². The van der Waals surface area contributed by atoms with Crippen LogP contribution in [0.15, 0.2) is 30.9 Å². The standard InChI is InChI=1S/C9H10O3.C5H8O/c1-2-12-9-5-7(6-10)3-4-8(9)11;1-3-5(6)4-2/h3-6,11H,2H2,1H3;3H,1,4H2,2H3. The summed E-state index contributed by atoms with van der Waals surface area (Å²) < 4.78 is 5.07. The Labute approximate surface area is 107 Å². The lowest BCUT2D eigenvalue weighted by molar-refractivity contribution is -0.114. The molecule has 0 bridgehead atoms. The molecule has 0 spiro atoms. The Morgan fingerprint density at radius 1 is 1.44 bits per heavy atom. The Hall–Kier alpha value is -2.10. The number of phenolic OH excluding ortho intramolecular Hbond substituents is 1. The zero-order valence-electron chi connectivity index (χ0n) is 10.7. The molecule has 0 aliphatic heterocycles. The maximum absolute atomic E-state index is 10.3. The van der Waals surface area contributed by atoms with Crippen molar-refractivity contribution in [1.82, 2.24) is 0 Å². The van der Waals surface area contributed by atoms with Crippen molar-refractivity contribution >= 4 is 12.1 Å². The Bertz CT molecular complexity index is 410. The van der Waals surface area contributed by atoms with Gasteiger partial charge in [0.1, 0.15) is 6.29 Å². The summed E-state index contributed by atoms with van der Waals surface area (Å²) in [7, 11) is 0. The van der Waals surface area contributed by atoms with Gasteiger partial charge >= 0.3 is 0 Å². The lowest BCUT2D eigenvalue weighted by Crippen LogP contribution is -1.92. The van der Waals surface area contributed by atoms with Gasteiger partial charge in [0.25, 0.3) is 0 Å². The van der Waals surface area contributed by atoms with Crippen molar-refractivity contribution < 1.29 is 19.4 Å². The van der Waals surface area contributed by atoms with E-state index >= 15 is 0 Å². The van der Waals surface area contributed by atoms with Crippen molar-refractivity contribution in [3.05, 3.63) is 36.4 Å². The van der Waals surface area contributed by atoms with Gasteiger partial charge < -0.3 is 9.84 Å². The molecule has 1 rings (SSSR count). The molecular formula is C14H18O4. The first-order valence-electron chi connectivity index (χ1n) is 5.65. The summed E-state index contributed by atoms with van der Waals surface area (Å²) in [6, 6.07) is 4.48. The van der Waals surface area contributed by atoms with Crippen molar-refractivity contribution in [2.24, 2.45) is 0 Å². The van der Waals surface area contributed by atoms with Crippen LogP contribution in [-0.2, 0) is 4.79 Å². The zero-order chi connectivity index (χ0) is 14.0. The average Bonchev–Trinajstić information content (AvgIpc) is 2.41. The summed E-state index contributed by atoms with van der Waals surface area (Å²) in [5.41, 5.74) is 0.497. The smallest absolute Gasteiger partial charge is 0.161 e. The van der Waals surface area contributed by atoms with Crippen LogP contribution in [0.3, 0.4) is 0 Å². The number of phenols is 1. The van der Waals surface area contributed by atoms with Gasteiger partial charge in [-0.3, -0.25) is 9.59 Å². The van der Waals surface area contributed by atoms with E-state index in [1.54, 1.807) is 0 Å². The maximum atomic E-state index is 10.3. The average molecular weight is 250 g/mol. The Kier molecular flexibility index (Phi) is 7.94. The molecule has 0 saturated heterocycles. The monoisotopic (exact) mass is 250 g/mol.